The first-order valence-electron chi connectivity index (χ1n) is 8.88. The maximum Gasteiger partial charge on any atom is 0.322 e. The van der Waals surface area contributed by atoms with E-state index in [-0.39, 0.29) is 30.2 Å². The molecule has 0 saturated carbocycles. The van der Waals surface area contributed by atoms with E-state index in [2.05, 4.69) is 31.4 Å². The number of benzene rings is 2. The summed E-state index contributed by atoms with van der Waals surface area (Å²) in [5.41, 5.74) is 1.25. The molecule has 0 aliphatic carbocycles. The summed E-state index contributed by atoms with van der Waals surface area (Å²) in [5, 5.41) is 10.5. The first-order valence-corrected chi connectivity index (χ1v) is 9.67. The Morgan fingerprint density at radius 2 is 1.90 bits per heavy atom. The Hall–Kier alpha value is -3.20. The van der Waals surface area contributed by atoms with Gasteiger partial charge in [0.2, 0.25) is 11.8 Å². The van der Waals surface area contributed by atoms with Gasteiger partial charge in [0.15, 0.2) is 0 Å². The zero-order valence-electron chi connectivity index (χ0n) is 15.5. The third-order valence-electron chi connectivity index (χ3n) is 4.63. The number of nitrogens with one attached hydrogen (secondary N) is 1. The molecule has 29 heavy (non-hydrogen) atoms. The van der Waals surface area contributed by atoms with Crippen molar-refractivity contribution >= 4 is 39.4 Å². The standard InChI is InChI=1S/C20H17BrN4O4/c1-28-16-8-6-15(7-9-16)25-11-13(10-17(25)26)19-23-24-20(29-19)22-18(27)12-2-4-14(21)5-3-12/h2-9,13H,10-11H2,1H3,(H,22,24,27)/t13-/m0/s1. The number of carbonyl (C=O) groups excluding carboxylic acids is 2. The molecule has 0 radical (unpaired) electrons. The van der Waals surface area contributed by atoms with Crippen LogP contribution in [-0.4, -0.2) is 35.7 Å². The Bertz CT molecular complexity index is 1030. The Morgan fingerprint density at radius 3 is 2.59 bits per heavy atom. The summed E-state index contributed by atoms with van der Waals surface area (Å²) < 4.78 is 11.6. The van der Waals surface area contributed by atoms with Gasteiger partial charge >= 0.3 is 6.01 Å². The molecule has 1 aliphatic heterocycles. The summed E-state index contributed by atoms with van der Waals surface area (Å²) in [4.78, 5) is 26.4. The van der Waals surface area contributed by atoms with Gasteiger partial charge in [-0.2, -0.15) is 0 Å². The van der Waals surface area contributed by atoms with E-state index in [4.69, 9.17) is 9.15 Å². The fraction of sp³-hybridized carbons (Fsp3) is 0.200. The smallest absolute Gasteiger partial charge is 0.322 e. The summed E-state index contributed by atoms with van der Waals surface area (Å²) >= 11 is 3.33. The predicted molar refractivity (Wildman–Crippen MR) is 109 cm³/mol. The molecule has 3 aromatic rings. The Morgan fingerprint density at radius 1 is 1.17 bits per heavy atom. The van der Waals surface area contributed by atoms with Gasteiger partial charge in [0.1, 0.15) is 5.75 Å². The molecular formula is C20H17BrN4O4. The number of rotatable bonds is 5. The average molecular weight is 457 g/mol. The molecule has 0 unspecified atom stereocenters. The Labute approximate surface area is 175 Å². The summed E-state index contributed by atoms with van der Waals surface area (Å²) in [7, 11) is 1.59. The molecule has 1 fully saturated rings. The maximum absolute atomic E-state index is 12.4. The minimum atomic E-state index is -0.352. The molecule has 4 rings (SSSR count). The first-order chi connectivity index (χ1) is 14.0. The van der Waals surface area contributed by atoms with Crippen molar-refractivity contribution in [3.8, 4) is 5.75 Å². The van der Waals surface area contributed by atoms with Gasteiger partial charge in [-0.05, 0) is 48.5 Å². The van der Waals surface area contributed by atoms with Gasteiger partial charge in [-0.15, -0.1) is 5.10 Å². The molecule has 148 valence electrons. The molecule has 1 atom stereocenters. The monoisotopic (exact) mass is 456 g/mol. The lowest BCUT2D eigenvalue weighted by atomic mass is 10.1. The highest BCUT2D eigenvalue weighted by atomic mass is 79.9. The summed E-state index contributed by atoms with van der Waals surface area (Å²) in [6.07, 6.45) is 0.258. The minimum Gasteiger partial charge on any atom is -0.497 e. The van der Waals surface area contributed by atoms with Crippen LogP contribution in [0.4, 0.5) is 11.7 Å². The number of hydrogen-bond acceptors (Lipinski definition) is 6. The third-order valence-corrected chi connectivity index (χ3v) is 5.15. The van der Waals surface area contributed by atoms with E-state index in [9.17, 15) is 9.59 Å². The van der Waals surface area contributed by atoms with E-state index in [0.29, 0.717) is 18.0 Å². The topological polar surface area (TPSA) is 97.6 Å². The van der Waals surface area contributed by atoms with Gasteiger partial charge in [-0.25, -0.2) is 0 Å². The quantitative estimate of drug-likeness (QED) is 0.629. The van der Waals surface area contributed by atoms with E-state index >= 15 is 0 Å². The number of aromatic nitrogens is 2. The van der Waals surface area contributed by atoms with Gasteiger partial charge in [-0.3, -0.25) is 14.9 Å². The van der Waals surface area contributed by atoms with Gasteiger partial charge in [0.05, 0.1) is 13.0 Å². The molecule has 0 spiro atoms. The van der Waals surface area contributed by atoms with Crippen LogP contribution in [0.5, 0.6) is 5.75 Å². The lowest BCUT2D eigenvalue weighted by molar-refractivity contribution is -0.117. The largest absolute Gasteiger partial charge is 0.497 e. The lowest BCUT2D eigenvalue weighted by Crippen LogP contribution is -2.24. The first kappa shape index (κ1) is 19.1. The number of nitrogens with zero attached hydrogens (tertiary/aromatic N) is 3. The van der Waals surface area contributed by atoms with E-state index in [1.165, 1.54) is 0 Å². The predicted octanol–water partition coefficient (Wildman–Crippen LogP) is 3.61. The van der Waals surface area contributed by atoms with Crippen LogP contribution in [0, 0.1) is 0 Å². The molecule has 1 saturated heterocycles. The molecule has 2 amide bonds. The number of amides is 2. The van der Waals surface area contributed by atoms with Gasteiger partial charge < -0.3 is 14.1 Å². The highest BCUT2D eigenvalue weighted by molar-refractivity contribution is 9.10. The highest BCUT2D eigenvalue weighted by Crippen LogP contribution is 2.32. The van der Waals surface area contributed by atoms with Crippen LogP contribution in [0.2, 0.25) is 0 Å². The van der Waals surface area contributed by atoms with Crippen LogP contribution >= 0.6 is 15.9 Å². The molecule has 1 aliphatic rings. The molecule has 0 bridgehead atoms. The van der Waals surface area contributed by atoms with Crippen LogP contribution in [0.3, 0.4) is 0 Å². The van der Waals surface area contributed by atoms with Crippen molar-refractivity contribution in [1.82, 2.24) is 10.2 Å². The van der Waals surface area contributed by atoms with Gasteiger partial charge in [-0.1, -0.05) is 21.0 Å². The zero-order chi connectivity index (χ0) is 20.4. The van der Waals surface area contributed by atoms with E-state index < -0.39 is 0 Å². The second kappa shape index (κ2) is 8.04. The van der Waals surface area contributed by atoms with Crippen molar-refractivity contribution in [2.24, 2.45) is 0 Å². The molecule has 8 nitrogen and oxygen atoms in total. The van der Waals surface area contributed by atoms with Crippen LogP contribution in [0.1, 0.15) is 28.6 Å². The third kappa shape index (κ3) is 4.14. The van der Waals surface area contributed by atoms with Crippen molar-refractivity contribution in [2.45, 2.75) is 12.3 Å². The summed E-state index contributed by atoms with van der Waals surface area (Å²) in [5.74, 6) is 0.421. The highest BCUT2D eigenvalue weighted by Gasteiger charge is 2.35. The number of hydrogen-bond donors (Lipinski definition) is 1. The van der Waals surface area contributed by atoms with Crippen LogP contribution in [0.15, 0.2) is 57.4 Å². The van der Waals surface area contributed by atoms with Crippen LogP contribution in [0.25, 0.3) is 0 Å². The van der Waals surface area contributed by atoms with Crippen molar-refractivity contribution in [3.05, 3.63) is 64.5 Å². The zero-order valence-corrected chi connectivity index (χ0v) is 17.0. The van der Waals surface area contributed by atoms with E-state index in [1.807, 2.05) is 12.1 Å². The van der Waals surface area contributed by atoms with E-state index in [1.54, 1.807) is 48.4 Å². The molecule has 9 heteroatoms. The molecule has 2 heterocycles. The Balaban J connectivity index is 1.43. The lowest BCUT2D eigenvalue weighted by Gasteiger charge is -2.16. The fourth-order valence-electron chi connectivity index (χ4n) is 3.11. The fourth-order valence-corrected chi connectivity index (χ4v) is 3.37. The Kier molecular flexibility index (Phi) is 5.30. The number of ether oxygens (including phenoxy) is 1. The van der Waals surface area contributed by atoms with Crippen LogP contribution in [-0.2, 0) is 4.79 Å². The minimum absolute atomic E-state index is 0.00302. The second-order valence-corrected chi connectivity index (χ2v) is 7.43. The molecular weight excluding hydrogens is 440 g/mol. The van der Waals surface area contributed by atoms with Crippen LogP contribution < -0.4 is 15.0 Å². The second-order valence-electron chi connectivity index (χ2n) is 6.51. The van der Waals surface area contributed by atoms with Crippen molar-refractivity contribution < 1.29 is 18.7 Å². The average Bonchev–Trinajstić information content (AvgIpc) is 3.35. The SMILES string of the molecule is COc1ccc(N2C[C@@H](c3nnc(NC(=O)c4ccc(Br)cc4)o3)CC2=O)cc1. The number of carbonyl (C=O) groups is 2. The number of halogens is 1. The molecule has 2 aromatic carbocycles. The van der Waals surface area contributed by atoms with Crippen molar-refractivity contribution in [1.29, 1.82) is 0 Å². The van der Waals surface area contributed by atoms with Crippen molar-refractivity contribution in [3.63, 3.8) is 0 Å². The molecule has 1 aromatic heterocycles. The van der Waals surface area contributed by atoms with E-state index in [0.717, 1.165) is 15.9 Å². The summed E-state index contributed by atoms with van der Waals surface area (Å²) in [6, 6.07) is 14.2. The normalized spacial score (nSPS) is 16.1. The van der Waals surface area contributed by atoms with Crippen molar-refractivity contribution in [2.75, 3.05) is 23.9 Å². The van der Waals surface area contributed by atoms with Gasteiger partial charge in [0.25, 0.3) is 5.91 Å². The van der Waals surface area contributed by atoms with Gasteiger partial charge in [0, 0.05) is 28.7 Å². The molecule has 1 N–H and O–H groups in total. The summed E-state index contributed by atoms with van der Waals surface area (Å²) in [6.45, 7) is 0.424. The number of anilines is 2. The maximum atomic E-state index is 12.4. The number of methoxy groups -OCH3 is 1.